The maximum absolute atomic E-state index is 11.9. The Morgan fingerprint density at radius 3 is 2.79 bits per heavy atom. The van der Waals surface area contributed by atoms with Crippen molar-refractivity contribution in [3.05, 3.63) is 42.1 Å². The van der Waals surface area contributed by atoms with E-state index in [1.165, 1.54) is 0 Å². The van der Waals surface area contributed by atoms with E-state index in [1.807, 2.05) is 26.0 Å². The zero-order valence-corrected chi connectivity index (χ0v) is 11.0. The van der Waals surface area contributed by atoms with Crippen LogP contribution in [0.2, 0.25) is 0 Å². The lowest BCUT2D eigenvalue weighted by molar-refractivity contribution is -0.120. The maximum Gasteiger partial charge on any atom is 0.251 e. The Kier molecular flexibility index (Phi) is 3.90. The molecular formula is C15H16N2O2. The molecule has 4 heteroatoms. The number of ketones is 1. The molecule has 0 saturated carbocycles. The van der Waals surface area contributed by atoms with Gasteiger partial charge < -0.3 is 5.32 Å². The van der Waals surface area contributed by atoms with Crippen molar-refractivity contribution in [1.29, 1.82) is 0 Å². The first kappa shape index (κ1) is 13.2. The third kappa shape index (κ3) is 3.16. The number of amides is 1. The molecule has 0 saturated heterocycles. The normalized spacial score (nSPS) is 10.7. The van der Waals surface area contributed by atoms with Crippen LogP contribution in [0.1, 0.15) is 24.2 Å². The van der Waals surface area contributed by atoms with Crippen LogP contribution in [0.25, 0.3) is 10.9 Å². The number of rotatable bonds is 4. The molecule has 0 fully saturated rings. The fourth-order valence-corrected chi connectivity index (χ4v) is 1.69. The van der Waals surface area contributed by atoms with Gasteiger partial charge in [0.15, 0.2) is 5.78 Å². The van der Waals surface area contributed by atoms with Gasteiger partial charge in [-0.3, -0.25) is 14.6 Å². The summed E-state index contributed by atoms with van der Waals surface area (Å²) in [5.41, 5.74) is 1.38. The first-order valence-electron chi connectivity index (χ1n) is 6.23. The van der Waals surface area contributed by atoms with Gasteiger partial charge in [-0.1, -0.05) is 19.9 Å². The van der Waals surface area contributed by atoms with Crippen molar-refractivity contribution in [3.63, 3.8) is 0 Å². The summed E-state index contributed by atoms with van der Waals surface area (Å²) < 4.78 is 0. The summed E-state index contributed by atoms with van der Waals surface area (Å²) >= 11 is 0. The molecule has 0 aliphatic heterocycles. The molecule has 4 nitrogen and oxygen atoms in total. The van der Waals surface area contributed by atoms with Crippen LogP contribution in [0, 0.1) is 5.92 Å². The minimum Gasteiger partial charge on any atom is -0.345 e. The number of fused-ring (bicyclic) bond motifs is 1. The van der Waals surface area contributed by atoms with Crippen LogP contribution in [-0.4, -0.2) is 23.2 Å². The SMILES string of the molecule is CC(C)C(=O)CNC(=O)c1ccc2ncccc2c1. The minimum absolute atomic E-state index is 0.0239. The van der Waals surface area contributed by atoms with Crippen LogP contribution < -0.4 is 5.32 Å². The van der Waals surface area contributed by atoms with E-state index < -0.39 is 0 Å². The van der Waals surface area contributed by atoms with Gasteiger partial charge in [-0.15, -0.1) is 0 Å². The second-order valence-corrected chi connectivity index (χ2v) is 4.71. The van der Waals surface area contributed by atoms with E-state index >= 15 is 0 Å². The van der Waals surface area contributed by atoms with E-state index in [1.54, 1.807) is 24.4 Å². The molecule has 19 heavy (non-hydrogen) atoms. The summed E-state index contributed by atoms with van der Waals surface area (Å²) in [6, 6.07) is 9.02. The average molecular weight is 256 g/mol. The zero-order chi connectivity index (χ0) is 13.8. The molecular weight excluding hydrogens is 240 g/mol. The molecule has 0 radical (unpaired) electrons. The minimum atomic E-state index is -0.236. The van der Waals surface area contributed by atoms with Crippen molar-refractivity contribution in [1.82, 2.24) is 10.3 Å². The molecule has 0 bridgehead atoms. The molecule has 1 N–H and O–H groups in total. The lowest BCUT2D eigenvalue weighted by atomic mass is 10.1. The fraction of sp³-hybridized carbons (Fsp3) is 0.267. The van der Waals surface area contributed by atoms with Gasteiger partial charge >= 0.3 is 0 Å². The Hall–Kier alpha value is -2.23. The molecule has 0 spiro atoms. The van der Waals surface area contributed by atoms with Crippen LogP contribution in [0.5, 0.6) is 0 Å². The number of carbonyl (C=O) groups is 2. The Labute approximate surface area is 111 Å². The summed E-state index contributed by atoms with van der Waals surface area (Å²) in [7, 11) is 0. The Bertz CT molecular complexity index is 620. The number of hydrogen-bond acceptors (Lipinski definition) is 3. The smallest absolute Gasteiger partial charge is 0.251 e. The quantitative estimate of drug-likeness (QED) is 0.912. The van der Waals surface area contributed by atoms with E-state index in [4.69, 9.17) is 0 Å². The molecule has 0 aliphatic rings. The number of carbonyl (C=O) groups excluding carboxylic acids is 2. The fourth-order valence-electron chi connectivity index (χ4n) is 1.69. The van der Waals surface area contributed by atoms with Crippen molar-refractivity contribution < 1.29 is 9.59 Å². The highest BCUT2D eigenvalue weighted by atomic mass is 16.2. The third-order valence-electron chi connectivity index (χ3n) is 2.93. The van der Waals surface area contributed by atoms with E-state index in [-0.39, 0.29) is 24.2 Å². The van der Waals surface area contributed by atoms with Gasteiger partial charge in [-0.2, -0.15) is 0 Å². The van der Waals surface area contributed by atoms with Crippen LogP contribution in [0.4, 0.5) is 0 Å². The lowest BCUT2D eigenvalue weighted by Crippen LogP contribution is -2.31. The second-order valence-electron chi connectivity index (χ2n) is 4.71. The summed E-state index contributed by atoms with van der Waals surface area (Å²) in [4.78, 5) is 27.6. The van der Waals surface area contributed by atoms with Crippen LogP contribution in [0.15, 0.2) is 36.5 Å². The zero-order valence-electron chi connectivity index (χ0n) is 11.0. The molecule has 1 aromatic carbocycles. The van der Waals surface area contributed by atoms with E-state index in [2.05, 4.69) is 10.3 Å². The van der Waals surface area contributed by atoms with Crippen molar-refractivity contribution >= 4 is 22.6 Å². The van der Waals surface area contributed by atoms with E-state index in [9.17, 15) is 9.59 Å². The highest BCUT2D eigenvalue weighted by Gasteiger charge is 2.11. The standard InChI is InChI=1S/C15H16N2O2/c1-10(2)14(18)9-17-15(19)12-5-6-13-11(8-12)4-3-7-16-13/h3-8,10H,9H2,1-2H3,(H,17,19). The number of Topliss-reactive ketones (excluding diaryl/α,β-unsaturated/α-hetero) is 1. The summed E-state index contributed by atoms with van der Waals surface area (Å²) in [6.07, 6.45) is 1.71. The van der Waals surface area contributed by atoms with Gasteiger partial charge in [0.25, 0.3) is 5.91 Å². The molecule has 0 aliphatic carbocycles. The molecule has 0 unspecified atom stereocenters. The summed E-state index contributed by atoms with van der Waals surface area (Å²) in [6.45, 7) is 3.70. The highest BCUT2D eigenvalue weighted by molar-refractivity contribution is 5.99. The van der Waals surface area contributed by atoms with Crippen molar-refractivity contribution in [2.24, 2.45) is 5.92 Å². The first-order chi connectivity index (χ1) is 9.08. The van der Waals surface area contributed by atoms with Gasteiger partial charge in [0.2, 0.25) is 0 Å². The number of benzene rings is 1. The maximum atomic E-state index is 11.9. The van der Waals surface area contributed by atoms with Crippen molar-refractivity contribution in [2.45, 2.75) is 13.8 Å². The predicted octanol–water partition coefficient (Wildman–Crippen LogP) is 2.19. The topological polar surface area (TPSA) is 59.1 Å². The Morgan fingerprint density at radius 2 is 2.05 bits per heavy atom. The van der Waals surface area contributed by atoms with Crippen molar-refractivity contribution in [3.8, 4) is 0 Å². The summed E-state index contributed by atoms with van der Waals surface area (Å²) in [5.74, 6) is -0.281. The molecule has 1 heterocycles. The van der Waals surface area contributed by atoms with Gasteiger partial charge in [0.1, 0.15) is 0 Å². The average Bonchev–Trinajstić information content (AvgIpc) is 2.43. The second kappa shape index (κ2) is 5.61. The molecule has 1 aromatic heterocycles. The van der Waals surface area contributed by atoms with Crippen LogP contribution in [-0.2, 0) is 4.79 Å². The highest BCUT2D eigenvalue weighted by Crippen LogP contribution is 2.13. The van der Waals surface area contributed by atoms with Gasteiger partial charge in [-0.05, 0) is 24.3 Å². The Balaban J connectivity index is 2.11. The van der Waals surface area contributed by atoms with Crippen molar-refractivity contribution in [2.75, 3.05) is 6.54 Å². The van der Waals surface area contributed by atoms with Crippen LogP contribution in [0.3, 0.4) is 0 Å². The largest absolute Gasteiger partial charge is 0.345 e. The van der Waals surface area contributed by atoms with Gasteiger partial charge in [0, 0.05) is 23.1 Å². The monoisotopic (exact) mass is 256 g/mol. The molecule has 2 rings (SSSR count). The number of aromatic nitrogens is 1. The molecule has 0 atom stereocenters. The summed E-state index contributed by atoms with van der Waals surface area (Å²) in [5, 5.41) is 3.54. The number of nitrogens with zero attached hydrogens (tertiary/aromatic N) is 1. The van der Waals surface area contributed by atoms with E-state index in [0.29, 0.717) is 5.56 Å². The van der Waals surface area contributed by atoms with E-state index in [0.717, 1.165) is 10.9 Å². The first-order valence-corrected chi connectivity index (χ1v) is 6.23. The number of nitrogens with one attached hydrogen (secondary N) is 1. The lowest BCUT2D eigenvalue weighted by Gasteiger charge is -2.07. The molecule has 98 valence electrons. The number of pyridine rings is 1. The predicted molar refractivity (Wildman–Crippen MR) is 73.9 cm³/mol. The van der Waals surface area contributed by atoms with Crippen LogP contribution >= 0.6 is 0 Å². The molecule has 1 amide bonds. The van der Waals surface area contributed by atoms with Gasteiger partial charge in [0.05, 0.1) is 12.1 Å². The molecule has 2 aromatic rings. The Morgan fingerprint density at radius 1 is 1.26 bits per heavy atom. The third-order valence-corrected chi connectivity index (χ3v) is 2.93. The van der Waals surface area contributed by atoms with Gasteiger partial charge in [-0.25, -0.2) is 0 Å². The number of hydrogen-bond donors (Lipinski definition) is 1.